The predicted molar refractivity (Wildman–Crippen MR) is 87.6 cm³/mol. The molecule has 0 atom stereocenters. The molecule has 0 spiro atoms. The van der Waals surface area contributed by atoms with E-state index in [4.69, 9.17) is 5.11 Å². The number of nitrogens with one attached hydrogen (secondary N) is 1. The summed E-state index contributed by atoms with van der Waals surface area (Å²) in [5.74, 6) is 5.45. The molecule has 1 amide bonds. The Hall–Kier alpha value is -1.44. The van der Waals surface area contributed by atoms with Crippen molar-refractivity contribution in [3.63, 3.8) is 0 Å². The summed E-state index contributed by atoms with van der Waals surface area (Å²) in [5, 5.41) is 11.8. The van der Waals surface area contributed by atoms with Crippen LogP contribution in [0.25, 0.3) is 0 Å². The van der Waals surface area contributed by atoms with Crippen molar-refractivity contribution >= 4 is 17.7 Å². The van der Waals surface area contributed by atoms with Gasteiger partial charge in [0.15, 0.2) is 0 Å². The topological polar surface area (TPSA) is 49.3 Å². The molecule has 1 aromatic carbocycles. The molecule has 0 aromatic heterocycles. The number of aliphatic hydroxyl groups excluding tert-OH is 1. The number of benzene rings is 1. The van der Waals surface area contributed by atoms with Crippen molar-refractivity contribution in [1.29, 1.82) is 0 Å². The van der Waals surface area contributed by atoms with E-state index in [9.17, 15) is 4.79 Å². The van der Waals surface area contributed by atoms with Crippen LogP contribution in [0.3, 0.4) is 0 Å². The largest absolute Gasteiger partial charge is 0.384 e. The molecule has 0 bridgehead atoms. The number of thioether (sulfide) groups is 1. The van der Waals surface area contributed by atoms with Crippen molar-refractivity contribution in [2.24, 2.45) is 0 Å². The van der Waals surface area contributed by atoms with Gasteiger partial charge < -0.3 is 10.4 Å². The molecule has 1 fully saturated rings. The molecule has 0 aliphatic heterocycles. The van der Waals surface area contributed by atoms with Gasteiger partial charge in [-0.1, -0.05) is 24.3 Å². The lowest BCUT2D eigenvalue weighted by Gasteiger charge is -2.40. The molecule has 112 valence electrons. The highest BCUT2D eigenvalue weighted by Gasteiger charge is 2.36. The lowest BCUT2D eigenvalue weighted by Crippen LogP contribution is -2.45. The number of rotatable bonds is 4. The van der Waals surface area contributed by atoms with Crippen LogP contribution in [-0.4, -0.2) is 35.2 Å². The molecule has 0 unspecified atom stereocenters. The van der Waals surface area contributed by atoms with Gasteiger partial charge in [0.25, 0.3) is 5.91 Å². The van der Waals surface area contributed by atoms with Gasteiger partial charge in [0, 0.05) is 22.4 Å². The third-order valence-corrected chi connectivity index (χ3v) is 5.49. The van der Waals surface area contributed by atoms with E-state index in [-0.39, 0.29) is 17.3 Å². The van der Waals surface area contributed by atoms with E-state index in [0.29, 0.717) is 5.56 Å². The summed E-state index contributed by atoms with van der Waals surface area (Å²) in [6.45, 7) is 2.49. The number of amides is 1. The standard InChI is InChI=1S/C17H21NO2S/c1-13-6-7-15(11-14(13)5-3-10-19)16(20)18-12-17(21-2)8-4-9-17/h6-7,11,19H,4,8-10,12H2,1-2H3,(H,18,20). The molecule has 0 saturated heterocycles. The molecule has 0 radical (unpaired) electrons. The minimum Gasteiger partial charge on any atom is -0.384 e. The Morgan fingerprint density at radius 1 is 1.48 bits per heavy atom. The molecule has 4 heteroatoms. The molecule has 1 aliphatic carbocycles. The Labute approximate surface area is 130 Å². The van der Waals surface area contributed by atoms with Crippen molar-refractivity contribution in [2.45, 2.75) is 30.9 Å². The normalized spacial score (nSPS) is 15.6. The Morgan fingerprint density at radius 3 is 2.81 bits per heavy atom. The first kappa shape index (κ1) is 15.9. The molecule has 21 heavy (non-hydrogen) atoms. The van der Waals surface area contributed by atoms with Gasteiger partial charge in [-0.15, -0.1) is 0 Å². The lowest BCUT2D eigenvalue weighted by atomic mass is 9.84. The van der Waals surface area contributed by atoms with E-state index < -0.39 is 0 Å². The SMILES string of the molecule is CSC1(CNC(=O)c2ccc(C)c(C#CCO)c2)CCC1. The number of hydrogen-bond donors (Lipinski definition) is 2. The molecular formula is C17H21NO2S. The number of hydrogen-bond acceptors (Lipinski definition) is 3. The third kappa shape index (κ3) is 3.81. The maximum Gasteiger partial charge on any atom is 0.251 e. The fraction of sp³-hybridized carbons (Fsp3) is 0.471. The van der Waals surface area contributed by atoms with Crippen molar-refractivity contribution in [2.75, 3.05) is 19.4 Å². The summed E-state index contributed by atoms with van der Waals surface area (Å²) in [6.07, 6.45) is 5.72. The van der Waals surface area contributed by atoms with Crippen LogP contribution < -0.4 is 5.32 Å². The van der Waals surface area contributed by atoms with Gasteiger partial charge >= 0.3 is 0 Å². The van der Waals surface area contributed by atoms with Gasteiger partial charge in [-0.3, -0.25) is 4.79 Å². The predicted octanol–water partition coefficient (Wildman–Crippen LogP) is 2.35. The zero-order chi connectivity index (χ0) is 15.3. The first-order valence-electron chi connectivity index (χ1n) is 7.14. The van der Waals surface area contributed by atoms with E-state index in [2.05, 4.69) is 23.4 Å². The molecule has 2 rings (SSSR count). The number of carbonyl (C=O) groups is 1. The highest BCUT2D eigenvalue weighted by molar-refractivity contribution is 8.00. The van der Waals surface area contributed by atoms with Crippen LogP contribution in [0.4, 0.5) is 0 Å². The van der Waals surface area contributed by atoms with E-state index in [1.165, 1.54) is 19.3 Å². The fourth-order valence-corrected chi connectivity index (χ4v) is 3.31. The van der Waals surface area contributed by atoms with Gasteiger partial charge in [-0.2, -0.15) is 11.8 Å². The van der Waals surface area contributed by atoms with E-state index >= 15 is 0 Å². The first-order valence-corrected chi connectivity index (χ1v) is 8.36. The highest BCUT2D eigenvalue weighted by atomic mass is 32.2. The summed E-state index contributed by atoms with van der Waals surface area (Å²) >= 11 is 1.85. The smallest absolute Gasteiger partial charge is 0.251 e. The van der Waals surface area contributed by atoms with Gasteiger partial charge in [0.2, 0.25) is 0 Å². The van der Waals surface area contributed by atoms with Crippen LogP contribution in [0, 0.1) is 18.8 Å². The Kier molecular flexibility index (Phi) is 5.33. The zero-order valence-electron chi connectivity index (χ0n) is 12.5. The summed E-state index contributed by atoms with van der Waals surface area (Å²) in [6, 6.07) is 5.51. The number of aliphatic hydroxyl groups is 1. The van der Waals surface area contributed by atoms with Gasteiger partial charge in [0.1, 0.15) is 6.61 Å². The second-order valence-corrected chi connectivity index (χ2v) is 6.69. The van der Waals surface area contributed by atoms with Crippen molar-refractivity contribution in [3.8, 4) is 11.8 Å². The lowest BCUT2D eigenvalue weighted by molar-refractivity contribution is 0.0944. The van der Waals surface area contributed by atoms with Crippen LogP contribution in [0.15, 0.2) is 18.2 Å². The van der Waals surface area contributed by atoms with E-state index in [0.717, 1.165) is 17.7 Å². The van der Waals surface area contributed by atoms with E-state index in [1.807, 2.05) is 30.8 Å². The van der Waals surface area contributed by atoms with Crippen LogP contribution in [0.1, 0.15) is 40.7 Å². The van der Waals surface area contributed by atoms with Crippen molar-refractivity contribution in [3.05, 3.63) is 34.9 Å². The monoisotopic (exact) mass is 303 g/mol. The van der Waals surface area contributed by atoms with Crippen molar-refractivity contribution < 1.29 is 9.90 Å². The number of aryl methyl sites for hydroxylation is 1. The first-order chi connectivity index (χ1) is 10.1. The molecular weight excluding hydrogens is 282 g/mol. The minimum absolute atomic E-state index is 0.0534. The molecule has 1 aromatic rings. The Morgan fingerprint density at radius 2 is 2.24 bits per heavy atom. The highest BCUT2D eigenvalue weighted by Crippen LogP contribution is 2.42. The van der Waals surface area contributed by atoms with Crippen molar-refractivity contribution in [1.82, 2.24) is 5.32 Å². The minimum atomic E-state index is -0.174. The van der Waals surface area contributed by atoms with Gasteiger partial charge in [-0.05, 0) is 43.7 Å². The molecule has 0 heterocycles. The van der Waals surface area contributed by atoms with Gasteiger partial charge in [0.05, 0.1) is 0 Å². The zero-order valence-corrected chi connectivity index (χ0v) is 13.3. The fourth-order valence-electron chi connectivity index (χ4n) is 2.40. The molecule has 3 nitrogen and oxygen atoms in total. The quantitative estimate of drug-likeness (QED) is 0.840. The third-order valence-electron chi connectivity index (χ3n) is 4.07. The van der Waals surface area contributed by atoms with Crippen LogP contribution in [0.5, 0.6) is 0 Å². The summed E-state index contributed by atoms with van der Waals surface area (Å²) in [4.78, 5) is 12.3. The second kappa shape index (κ2) is 7.02. The number of carbonyl (C=O) groups excluding carboxylic acids is 1. The Bertz CT molecular complexity index is 577. The molecule has 2 N–H and O–H groups in total. The maximum atomic E-state index is 12.3. The average Bonchev–Trinajstić information content (AvgIpc) is 2.45. The second-order valence-electron chi connectivity index (χ2n) is 5.41. The molecule has 1 saturated carbocycles. The summed E-state index contributed by atoms with van der Waals surface area (Å²) in [7, 11) is 0. The van der Waals surface area contributed by atoms with Crippen LogP contribution >= 0.6 is 11.8 Å². The van der Waals surface area contributed by atoms with Crippen LogP contribution in [0.2, 0.25) is 0 Å². The van der Waals surface area contributed by atoms with Crippen LogP contribution in [-0.2, 0) is 0 Å². The average molecular weight is 303 g/mol. The van der Waals surface area contributed by atoms with Gasteiger partial charge in [-0.25, -0.2) is 0 Å². The maximum absolute atomic E-state index is 12.3. The molecule has 1 aliphatic rings. The van der Waals surface area contributed by atoms with E-state index in [1.54, 1.807) is 6.07 Å². The summed E-state index contributed by atoms with van der Waals surface area (Å²) < 4.78 is 0.236. The Balaban J connectivity index is 2.05. The summed E-state index contributed by atoms with van der Waals surface area (Å²) in [5.41, 5.74) is 2.42.